The maximum Gasteiger partial charge on any atom is 0.254 e. The summed E-state index contributed by atoms with van der Waals surface area (Å²) in [6, 6.07) is 6.80. The van der Waals surface area contributed by atoms with Gasteiger partial charge < -0.3 is 15.4 Å². The van der Waals surface area contributed by atoms with Crippen LogP contribution in [0.5, 0.6) is 5.75 Å². The fourth-order valence-electron chi connectivity index (χ4n) is 2.48. The Balaban J connectivity index is 2.06. The number of aromatic nitrogens is 3. The minimum atomic E-state index is -0.534. The first-order valence-electron chi connectivity index (χ1n) is 7.83. The van der Waals surface area contributed by atoms with Gasteiger partial charge in [0.25, 0.3) is 5.91 Å². The molecule has 2 aromatic heterocycles. The van der Waals surface area contributed by atoms with Crippen molar-refractivity contribution in [2.24, 2.45) is 0 Å². The van der Waals surface area contributed by atoms with Gasteiger partial charge in [-0.25, -0.2) is 19.3 Å². The van der Waals surface area contributed by atoms with Gasteiger partial charge in [0, 0.05) is 13.2 Å². The van der Waals surface area contributed by atoms with Crippen LogP contribution in [0.25, 0.3) is 11.4 Å². The second kappa shape index (κ2) is 7.96. The van der Waals surface area contributed by atoms with E-state index in [-0.39, 0.29) is 11.1 Å². The van der Waals surface area contributed by atoms with Crippen LogP contribution in [0.1, 0.15) is 10.4 Å². The van der Waals surface area contributed by atoms with E-state index < -0.39 is 5.82 Å². The highest BCUT2D eigenvalue weighted by Crippen LogP contribution is 2.37. The molecule has 2 heterocycles. The molecular formula is C18H15ClFN5O2. The van der Waals surface area contributed by atoms with Crippen molar-refractivity contribution in [2.75, 3.05) is 19.5 Å². The highest BCUT2D eigenvalue weighted by Gasteiger charge is 2.17. The Morgan fingerprint density at radius 2 is 1.89 bits per heavy atom. The number of nitrogens with one attached hydrogen (secondary N) is 2. The fraction of sp³-hybridized carbons (Fsp3) is 0.111. The average Bonchev–Trinajstić information content (AvgIpc) is 2.68. The third-order valence-electron chi connectivity index (χ3n) is 3.69. The van der Waals surface area contributed by atoms with E-state index >= 15 is 0 Å². The van der Waals surface area contributed by atoms with Gasteiger partial charge in [-0.05, 0) is 18.2 Å². The van der Waals surface area contributed by atoms with Crippen LogP contribution in [0.2, 0.25) is 5.15 Å². The monoisotopic (exact) mass is 387 g/mol. The molecule has 0 bridgehead atoms. The Hall–Kier alpha value is -3.26. The molecule has 0 saturated heterocycles. The number of pyridine rings is 1. The predicted molar refractivity (Wildman–Crippen MR) is 99.9 cm³/mol. The lowest BCUT2D eigenvalue weighted by Gasteiger charge is -2.16. The molecule has 0 radical (unpaired) electrons. The largest absolute Gasteiger partial charge is 0.494 e. The van der Waals surface area contributed by atoms with Crippen LogP contribution in [0.3, 0.4) is 0 Å². The molecule has 3 aromatic rings. The van der Waals surface area contributed by atoms with Gasteiger partial charge in [0.05, 0.1) is 42.0 Å². The van der Waals surface area contributed by atoms with Crippen LogP contribution >= 0.6 is 11.6 Å². The van der Waals surface area contributed by atoms with Crippen molar-refractivity contribution in [3.63, 3.8) is 0 Å². The first kappa shape index (κ1) is 18.5. The number of amides is 1. The predicted octanol–water partition coefficient (Wildman–Crippen LogP) is 3.44. The molecule has 0 saturated carbocycles. The summed E-state index contributed by atoms with van der Waals surface area (Å²) in [5.74, 6) is -0.122. The second-order valence-electron chi connectivity index (χ2n) is 5.37. The standard InChI is InChI=1S/C18H15ClFN5O2/c1-21-18(26)12-9-22-15(19)6-14(12)25-13-5-3-4-11(16(13)27-2)17-23-7-10(20)8-24-17/h3-9H,1-2H3,(H,21,26)(H,22,25). The zero-order valence-electron chi connectivity index (χ0n) is 14.5. The van der Waals surface area contributed by atoms with E-state index in [1.54, 1.807) is 18.2 Å². The van der Waals surface area contributed by atoms with Crippen molar-refractivity contribution in [3.05, 3.63) is 59.4 Å². The van der Waals surface area contributed by atoms with Gasteiger partial charge in [0.15, 0.2) is 17.4 Å². The lowest BCUT2D eigenvalue weighted by molar-refractivity contribution is 0.0963. The van der Waals surface area contributed by atoms with Gasteiger partial charge in [-0.3, -0.25) is 4.79 Å². The fourth-order valence-corrected chi connectivity index (χ4v) is 2.63. The number of ether oxygens (including phenoxy) is 1. The number of hydrogen-bond acceptors (Lipinski definition) is 6. The molecule has 138 valence electrons. The van der Waals surface area contributed by atoms with Crippen LogP contribution in [0.4, 0.5) is 15.8 Å². The molecule has 0 aliphatic rings. The van der Waals surface area contributed by atoms with E-state index in [0.29, 0.717) is 34.1 Å². The Morgan fingerprint density at radius 3 is 2.56 bits per heavy atom. The van der Waals surface area contributed by atoms with Gasteiger partial charge in [-0.15, -0.1) is 0 Å². The third kappa shape index (κ3) is 3.95. The number of nitrogens with zero attached hydrogens (tertiary/aromatic N) is 3. The van der Waals surface area contributed by atoms with Gasteiger partial charge in [-0.1, -0.05) is 17.7 Å². The molecule has 3 rings (SSSR count). The second-order valence-corrected chi connectivity index (χ2v) is 5.76. The van der Waals surface area contributed by atoms with Crippen molar-refractivity contribution in [1.29, 1.82) is 0 Å². The molecule has 0 spiro atoms. The van der Waals surface area contributed by atoms with E-state index in [1.165, 1.54) is 26.4 Å². The molecule has 27 heavy (non-hydrogen) atoms. The summed E-state index contributed by atoms with van der Waals surface area (Å²) in [4.78, 5) is 24.0. The number of halogens is 2. The van der Waals surface area contributed by atoms with E-state index in [1.807, 2.05) is 0 Å². The third-order valence-corrected chi connectivity index (χ3v) is 3.90. The van der Waals surface area contributed by atoms with Crippen LogP contribution in [0.15, 0.2) is 42.9 Å². The van der Waals surface area contributed by atoms with Crippen LogP contribution in [-0.4, -0.2) is 35.0 Å². The van der Waals surface area contributed by atoms with E-state index in [4.69, 9.17) is 16.3 Å². The maximum atomic E-state index is 13.1. The highest BCUT2D eigenvalue weighted by atomic mass is 35.5. The van der Waals surface area contributed by atoms with Crippen LogP contribution in [0, 0.1) is 5.82 Å². The van der Waals surface area contributed by atoms with Crippen molar-refractivity contribution >= 4 is 28.9 Å². The molecule has 0 aliphatic carbocycles. The number of carbonyl (C=O) groups is 1. The van der Waals surface area contributed by atoms with E-state index in [9.17, 15) is 9.18 Å². The molecule has 0 fully saturated rings. The molecule has 2 N–H and O–H groups in total. The summed E-state index contributed by atoms with van der Waals surface area (Å²) in [5, 5.41) is 5.90. The molecular weight excluding hydrogens is 373 g/mol. The smallest absolute Gasteiger partial charge is 0.254 e. The van der Waals surface area contributed by atoms with Crippen LogP contribution < -0.4 is 15.4 Å². The number of anilines is 2. The molecule has 0 unspecified atom stereocenters. The quantitative estimate of drug-likeness (QED) is 0.652. The Bertz CT molecular complexity index is 982. The Morgan fingerprint density at radius 1 is 1.15 bits per heavy atom. The lowest BCUT2D eigenvalue weighted by Crippen LogP contribution is -2.19. The summed E-state index contributed by atoms with van der Waals surface area (Å²) >= 11 is 5.98. The van der Waals surface area contributed by atoms with Crippen molar-refractivity contribution in [1.82, 2.24) is 20.3 Å². The molecule has 0 atom stereocenters. The van der Waals surface area contributed by atoms with Crippen molar-refractivity contribution in [2.45, 2.75) is 0 Å². The summed E-state index contributed by atoms with van der Waals surface area (Å²) in [5.41, 5.74) is 1.87. The SMILES string of the molecule is CNC(=O)c1cnc(Cl)cc1Nc1cccc(-c2ncc(F)cn2)c1OC. The number of carbonyl (C=O) groups excluding carboxylic acids is 1. The summed E-state index contributed by atoms with van der Waals surface area (Å²) in [6.45, 7) is 0. The van der Waals surface area contributed by atoms with Gasteiger partial charge >= 0.3 is 0 Å². The molecule has 1 amide bonds. The molecule has 9 heteroatoms. The van der Waals surface area contributed by atoms with E-state index in [2.05, 4.69) is 25.6 Å². The normalized spacial score (nSPS) is 10.4. The van der Waals surface area contributed by atoms with E-state index in [0.717, 1.165) is 12.4 Å². The van der Waals surface area contributed by atoms with Gasteiger partial charge in [-0.2, -0.15) is 0 Å². The van der Waals surface area contributed by atoms with Gasteiger partial charge in [0.2, 0.25) is 0 Å². The summed E-state index contributed by atoms with van der Waals surface area (Å²) in [7, 11) is 3.01. The zero-order valence-corrected chi connectivity index (χ0v) is 15.2. The number of methoxy groups -OCH3 is 1. The highest BCUT2D eigenvalue weighted by molar-refractivity contribution is 6.29. The molecule has 0 aliphatic heterocycles. The first-order chi connectivity index (χ1) is 13.0. The topological polar surface area (TPSA) is 89.0 Å². The van der Waals surface area contributed by atoms with Gasteiger partial charge in [0.1, 0.15) is 5.15 Å². The number of para-hydroxylation sites is 1. The van der Waals surface area contributed by atoms with Crippen molar-refractivity contribution < 1.29 is 13.9 Å². The summed E-state index contributed by atoms with van der Waals surface area (Å²) < 4.78 is 18.6. The Labute approximate surface area is 159 Å². The maximum absolute atomic E-state index is 13.1. The van der Waals surface area contributed by atoms with Crippen molar-refractivity contribution in [3.8, 4) is 17.1 Å². The minimum Gasteiger partial charge on any atom is -0.494 e. The molecule has 7 nitrogen and oxygen atoms in total. The lowest BCUT2D eigenvalue weighted by atomic mass is 10.1. The zero-order chi connectivity index (χ0) is 19.4. The Kier molecular flexibility index (Phi) is 5.46. The molecule has 1 aromatic carbocycles. The number of benzene rings is 1. The minimum absolute atomic E-state index is 0.224. The first-order valence-corrected chi connectivity index (χ1v) is 8.21. The average molecular weight is 388 g/mol. The van der Waals surface area contributed by atoms with Crippen LogP contribution in [-0.2, 0) is 0 Å². The summed E-state index contributed by atoms with van der Waals surface area (Å²) in [6.07, 6.45) is 3.53. The number of hydrogen-bond donors (Lipinski definition) is 2. The number of rotatable bonds is 5.